The molecular formula is C50H65F2N9O9S. The van der Waals surface area contributed by atoms with Gasteiger partial charge >= 0.3 is 0 Å². The maximum Gasteiger partial charge on any atom is 0.271 e. The number of nitrogens with one attached hydrogen (secondary N) is 2. The van der Waals surface area contributed by atoms with Gasteiger partial charge in [0.25, 0.3) is 17.7 Å². The fourth-order valence-electron chi connectivity index (χ4n) is 9.62. The fraction of sp³-hybridized carbons (Fsp3) is 0.560. The van der Waals surface area contributed by atoms with Gasteiger partial charge in [0.05, 0.1) is 60.3 Å². The maximum atomic E-state index is 14.8. The van der Waals surface area contributed by atoms with Gasteiger partial charge in [-0.05, 0) is 74.3 Å². The number of benzene rings is 1. The van der Waals surface area contributed by atoms with E-state index in [1.165, 1.54) is 9.47 Å². The van der Waals surface area contributed by atoms with Crippen molar-refractivity contribution in [2.45, 2.75) is 76.6 Å². The number of piperidine rings is 1. The number of likely N-dealkylation sites (tertiary alicyclic amines) is 1. The Labute approximate surface area is 415 Å². The molecule has 4 aromatic heterocycles. The smallest absolute Gasteiger partial charge is 0.271 e. The van der Waals surface area contributed by atoms with Crippen molar-refractivity contribution in [3.05, 3.63) is 70.6 Å². The number of halogens is 2. The SMILES string of the molecule is CN[C@@H](C)C(=O)NC(C(=O)N1CCN(C(=O)c2c(C(=O)N(C)CCOCCOCCOc3cc(CN4CCC(Oc5ccnc6ccsc56)CC4)on3)c3cc(F)c(F)cc3n2C)CC1)C1CCCCC1. The van der Waals surface area contributed by atoms with Gasteiger partial charge in [-0.15, -0.1) is 11.3 Å². The number of ether oxygens (including phenoxy) is 4. The Bertz CT molecular complexity index is 2620. The molecule has 1 aliphatic carbocycles. The summed E-state index contributed by atoms with van der Waals surface area (Å²) in [5.41, 5.74) is 1.07. The summed E-state index contributed by atoms with van der Waals surface area (Å²) in [6.07, 6.45) is 8.48. The molecule has 384 valence electrons. The second-order valence-corrected chi connectivity index (χ2v) is 19.5. The van der Waals surface area contributed by atoms with Crippen LogP contribution in [0.5, 0.6) is 11.6 Å². The predicted molar refractivity (Wildman–Crippen MR) is 261 cm³/mol. The summed E-state index contributed by atoms with van der Waals surface area (Å²) < 4.78 is 60.9. The van der Waals surface area contributed by atoms with Gasteiger partial charge in [-0.1, -0.05) is 19.3 Å². The number of likely N-dealkylation sites (N-methyl/N-ethyl adjacent to an activating group) is 2. The molecule has 18 nitrogen and oxygen atoms in total. The number of rotatable bonds is 21. The molecule has 2 N–H and O–H groups in total. The van der Waals surface area contributed by atoms with Gasteiger partial charge in [0.15, 0.2) is 17.4 Å². The summed E-state index contributed by atoms with van der Waals surface area (Å²) in [7, 11) is 4.78. The van der Waals surface area contributed by atoms with E-state index in [0.29, 0.717) is 18.2 Å². The highest BCUT2D eigenvalue weighted by atomic mass is 32.1. The Morgan fingerprint density at radius 2 is 1.61 bits per heavy atom. The molecule has 2 atom stereocenters. The summed E-state index contributed by atoms with van der Waals surface area (Å²) in [5.74, 6) is -1.76. The third-order valence-electron chi connectivity index (χ3n) is 13.9. The topological polar surface area (TPSA) is 186 Å². The number of pyridine rings is 1. The monoisotopic (exact) mass is 1010 g/mol. The molecule has 71 heavy (non-hydrogen) atoms. The molecule has 2 saturated heterocycles. The number of hydrogen-bond donors (Lipinski definition) is 2. The summed E-state index contributed by atoms with van der Waals surface area (Å²) >= 11 is 1.64. The van der Waals surface area contributed by atoms with Gasteiger partial charge in [0.1, 0.15) is 30.2 Å². The molecule has 21 heteroatoms. The minimum Gasteiger partial charge on any atom is -0.489 e. The highest BCUT2D eigenvalue weighted by molar-refractivity contribution is 7.17. The Morgan fingerprint density at radius 3 is 2.35 bits per heavy atom. The number of aromatic nitrogens is 3. The molecule has 8 rings (SSSR count). The number of fused-ring (bicyclic) bond motifs is 2. The van der Waals surface area contributed by atoms with E-state index in [2.05, 4.69) is 25.7 Å². The molecule has 2 aliphatic heterocycles. The van der Waals surface area contributed by atoms with Crippen LogP contribution in [0.2, 0.25) is 0 Å². The van der Waals surface area contributed by atoms with Crippen LogP contribution in [0, 0.1) is 17.6 Å². The summed E-state index contributed by atoms with van der Waals surface area (Å²) in [6.45, 7) is 6.13. The van der Waals surface area contributed by atoms with Gasteiger partial charge in [-0.2, -0.15) is 0 Å². The molecule has 1 aromatic carbocycles. The molecule has 6 heterocycles. The van der Waals surface area contributed by atoms with E-state index in [1.807, 2.05) is 17.5 Å². The van der Waals surface area contributed by atoms with Crippen LogP contribution in [0.4, 0.5) is 8.78 Å². The molecule has 0 bridgehead atoms. The average Bonchev–Trinajstić information content (AvgIpc) is 4.13. The molecule has 3 fully saturated rings. The van der Waals surface area contributed by atoms with Crippen LogP contribution < -0.4 is 20.1 Å². The number of carbonyl (C=O) groups is 4. The van der Waals surface area contributed by atoms with E-state index < -0.39 is 35.5 Å². The van der Waals surface area contributed by atoms with Crippen molar-refractivity contribution in [2.75, 3.05) is 92.9 Å². The molecule has 3 aliphatic rings. The molecule has 1 saturated carbocycles. The third kappa shape index (κ3) is 12.5. The van der Waals surface area contributed by atoms with Crippen molar-refractivity contribution in [3.63, 3.8) is 0 Å². The number of carbonyl (C=O) groups excluding carboxylic acids is 4. The van der Waals surface area contributed by atoms with Crippen LogP contribution in [0.25, 0.3) is 21.1 Å². The number of aryl methyl sites for hydroxylation is 1. The summed E-state index contributed by atoms with van der Waals surface area (Å²) in [5, 5.41) is 12.1. The lowest BCUT2D eigenvalue weighted by atomic mass is 9.83. The second-order valence-electron chi connectivity index (χ2n) is 18.5. The van der Waals surface area contributed by atoms with Crippen molar-refractivity contribution < 1.29 is 51.4 Å². The van der Waals surface area contributed by atoms with Crippen molar-refractivity contribution in [1.82, 2.24) is 44.9 Å². The zero-order valence-corrected chi connectivity index (χ0v) is 41.8. The van der Waals surface area contributed by atoms with Gasteiger partial charge in [-0.3, -0.25) is 29.1 Å². The van der Waals surface area contributed by atoms with E-state index in [9.17, 15) is 28.0 Å². The van der Waals surface area contributed by atoms with Crippen LogP contribution in [0.1, 0.15) is 78.5 Å². The second kappa shape index (κ2) is 24.1. The van der Waals surface area contributed by atoms with Crippen LogP contribution in [-0.4, -0.2) is 169 Å². The van der Waals surface area contributed by atoms with Gasteiger partial charge in [-0.25, -0.2) is 8.78 Å². The third-order valence-corrected chi connectivity index (χ3v) is 14.8. The first-order valence-corrected chi connectivity index (χ1v) is 25.5. The molecule has 4 amide bonds. The Morgan fingerprint density at radius 1 is 0.901 bits per heavy atom. The fourth-order valence-corrected chi connectivity index (χ4v) is 10.4. The first-order valence-electron chi connectivity index (χ1n) is 24.6. The predicted octanol–water partition coefficient (Wildman–Crippen LogP) is 5.24. The van der Waals surface area contributed by atoms with E-state index >= 15 is 0 Å². The molecule has 0 spiro atoms. The van der Waals surface area contributed by atoms with Crippen LogP contribution in [0.15, 0.2) is 46.4 Å². The summed E-state index contributed by atoms with van der Waals surface area (Å²) in [6, 6.07) is 6.50. The average molecular weight is 1010 g/mol. The van der Waals surface area contributed by atoms with Crippen molar-refractivity contribution >= 4 is 56.1 Å². The first-order chi connectivity index (χ1) is 34.4. The van der Waals surface area contributed by atoms with Gasteiger partial charge in [0.2, 0.25) is 11.8 Å². The number of nitrogens with zero attached hydrogens (tertiary/aromatic N) is 7. The Balaban J connectivity index is 0.765. The zero-order chi connectivity index (χ0) is 50.0. The lowest BCUT2D eigenvalue weighted by molar-refractivity contribution is -0.140. The summed E-state index contributed by atoms with van der Waals surface area (Å²) in [4.78, 5) is 66.8. The van der Waals surface area contributed by atoms with E-state index in [1.54, 1.807) is 61.5 Å². The van der Waals surface area contributed by atoms with Crippen LogP contribution >= 0.6 is 11.3 Å². The molecule has 1 unspecified atom stereocenters. The number of thiophene rings is 1. The highest BCUT2D eigenvalue weighted by Gasteiger charge is 2.38. The van der Waals surface area contributed by atoms with Crippen molar-refractivity contribution in [1.29, 1.82) is 0 Å². The molecular weight excluding hydrogens is 941 g/mol. The normalized spacial score (nSPS) is 17.2. The van der Waals surface area contributed by atoms with Crippen LogP contribution in [0.3, 0.4) is 0 Å². The number of amides is 4. The highest BCUT2D eigenvalue weighted by Crippen LogP contribution is 2.33. The van der Waals surface area contributed by atoms with Crippen molar-refractivity contribution in [2.24, 2.45) is 13.0 Å². The number of piperazine rings is 1. The molecule has 0 radical (unpaired) electrons. The van der Waals surface area contributed by atoms with E-state index in [0.717, 1.165) is 86.1 Å². The van der Waals surface area contributed by atoms with E-state index in [4.69, 9.17) is 23.5 Å². The quantitative estimate of drug-likeness (QED) is 0.0911. The Kier molecular flexibility index (Phi) is 17.5. The standard InChI is InChI=1S/C50H65F2N9O9S/c1-32(53-2)47(62)55-44(33-8-6-5-7-9-33)49(64)60-17-19-61(20-18-60)50(65)45-43(36-29-37(51)38(52)30-40(36)58(45)4)48(63)57(3)21-22-66-23-24-67-25-26-68-42-28-35(70-56-42)31-59-15-11-34(12-16-59)69-41-10-14-54-39-13-27-71-46(39)41/h10,13-14,27-30,32-34,44,53H,5-9,11-12,15-26,31H2,1-4H3,(H,55,62)/t32-,44?/m0/s1. The molecule has 5 aromatic rings. The van der Waals surface area contributed by atoms with Crippen LogP contribution in [-0.2, 0) is 32.7 Å². The lowest BCUT2D eigenvalue weighted by Gasteiger charge is -2.39. The maximum absolute atomic E-state index is 14.8. The largest absolute Gasteiger partial charge is 0.489 e. The minimum atomic E-state index is -1.15. The van der Waals surface area contributed by atoms with Gasteiger partial charge < -0.3 is 53.4 Å². The minimum absolute atomic E-state index is 0.0152. The zero-order valence-electron chi connectivity index (χ0n) is 41.0. The lowest BCUT2D eigenvalue weighted by Crippen LogP contribution is -2.59. The van der Waals surface area contributed by atoms with E-state index in [-0.39, 0.29) is 112 Å². The first kappa shape index (κ1) is 51.6. The number of hydrogen-bond acceptors (Lipinski definition) is 14. The van der Waals surface area contributed by atoms with Crippen molar-refractivity contribution in [3.8, 4) is 11.6 Å². The Hall–Kier alpha value is -5.74. The van der Waals surface area contributed by atoms with Gasteiger partial charge in [0, 0.05) is 83.6 Å².